The molecule has 1 aliphatic rings. The van der Waals surface area contributed by atoms with Gasteiger partial charge >= 0.3 is 6.03 Å². The van der Waals surface area contributed by atoms with Crippen LogP contribution in [0.5, 0.6) is 0 Å². The van der Waals surface area contributed by atoms with Gasteiger partial charge in [-0.3, -0.25) is 24.3 Å². The van der Waals surface area contributed by atoms with Crippen molar-refractivity contribution in [1.29, 1.82) is 0 Å². The van der Waals surface area contributed by atoms with Crippen LogP contribution in [0.25, 0.3) is 10.2 Å². The standard InChI is InChI=1S/C21H21N5O4S/c1-11-12(2)31-17-16(11)18(28)26(10-22-17)9-8-15(27)23-14-6-4-13(5-7-14)21(3)19(29)24-20(30)25-21/h4-7,10H,8-9H2,1-3H3,(H,23,27)(H2,24,25,29,30)/t21-/m1/s1. The average Bonchev–Trinajstić information content (AvgIpc) is 3.16. The lowest BCUT2D eigenvalue weighted by Crippen LogP contribution is -2.40. The van der Waals surface area contributed by atoms with Crippen molar-refractivity contribution in [2.24, 2.45) is 0 Å². The molecule has 0 saturated carbocycles. The monoisotopic (exact) mass is 439 g/mol. The molecule has 1 fully saturated rings. The minimum atomic E-state index is -1.15. The molecule has 1 aliphatic heterocycles. The van der Waals surface area contributed by atoms with Gasteiger partial charge in [0.1, 0.15) is 10.4 Å². The van der Waals surface area contributed by atoms with E-state index < -0.39 is 17.5 Å². The number of nitrogens with one attached hydrogen (secondary N) is 3. The van der Waals surface area contributed by atoms with Crippen molar-refractivity contribution >= 4 is 45.1 Å². The Bertz CT molecular complexity index is 1280. The Hall–Kier alpha value is -3.53. The van der Waals surface area contributed by atoms with E-state index in [1.165, 1.54) is 22.2 Å². The van der Waals surface area contributed by atoms with Crippen LogP contribution in [-0.2, 0) is 21.7 Å². The fraction of sp³-hybridized carbons (Fsp3) is 0.286. The van der Waals surface area contributed by atoms with E-state index in [-0.39, 0.29) is 24.4 Å². The minimum absolute atomic E-state index is 0.104. The summed E-state index contributed by atoms with van der Waals surface area (Å²) in [5.41, 5.74) is 0.782. The van der Waals surface area contributed by atoms with E-state index in [9.17, 15) is 19.2 Å². The Morgan fingerprint density at radius 1 is 1.19 bits per heavy atom. The van der Waals surface area contributed by atoms with Gasteiger partial charge in [0, 0.05) is 23.5 Å². The van der Waals surface area contributed by atoms with Crippen LogP contribution in [0.4, 0.5) is 10.5 Å². The van der Waals surface area contributed by atoms with Gasteiger partial charge in [0.2, 0.25) is 5.91 Å². The molecule has 31 heavy (non-hydrogen) atoms. The maximum Gasteiger partial charge on any atom is 0.322 e. The SMILES string of the molecule is Cc1sc2ncn(CCC(=O)Nc3ccc([C@@]4(C)NC(=O)NC4=O)cc3)c(=O)c2c1C. The van der Waals surface area contributed by atoms with E-state index in [1.807, 2.05) is 13.8 Å². The summed E-state index contributed by atoms with van der Waals surface area (Å²) in [6.45, 7) is 5.68. The number of rotatable bonds is 5. The first-order valence-corrected chi connectivity index (χ1v) is 10.5. The van der Waals surface area contributed by atoms with Gasteiger partial charge in [0.25, 0.3) is 11.5 Å². The van der Waals surface area contributed by atoms with Crippen molar-refractivity contribution in [2.75, 3.05) is 5.32 Å². The normalized spacial score (nSPS) is 18.2. The number of thiophene rings is 1. The second kappa shape index (κ2) is 7.62. The van der Waals surface area contributed by atoms with Crippen LogP contribution in [0.2, 0.25) is 0 Å². The lowest BCUT2D eigenvalue weighted by Gasteiger charge is -2.21. The van der Waals surface area contributed by atoms with Crippen LogP contribution < -0.4 is 21.5 Å². The third-order valence-electron chi connectivity index (χ3n) is 5.53. The Morgan fingerprint density at radius 2 is 1.90 bits per heavy atom. The van der Waals surface area contributed by atoms with Crippen molar-refractivity contribution in [3.63, 3.8) is 0 Å². The summed E-state index contributed by atoms with van der Waals surface area (Å²) in [6.07, 6.45) is 1.58. The molecule has 4 rings (SSSR count). The zero-order valence-corrected chi connectivity index (χ0v) is 18.1. The number of carbonyl (C=O) groups excluding carboxylic acids is 3. The lowest BCUT2D eigenvalue weighted by atomic mass is 9.92. The number of urea groups is 1. The van der Waals surface area contributed by atoms with Crippen LogP contribution in [0.15, 0.2) is 35.4 Å². The van der Waals surface area contributed by atoms with Crippen LogP contribution in [0.1, 0.15) is 29.3 Å². The molecular weight excluding hydrogens is 418 g/mol. The summed E-state index contributed by atoms with van der Waals surface area (Å²) >= 11 is 1.49. The van der Waals surface area contributed by atoms with E-state index in [0.717, 1.165) is 10.4 Å². The van der Waals surface area contributed by atoms with Gasteiger partial charge in [0.15, 0.2) is 0 Å². The van der Waals surface area contributed by atoms with Crippen LogP contribution in [0, 0.1) is 13.8 Å². The van der Waals surface area contributed by atoms with Crippen LogP contribution in [0.3, 0.4) is 0 Å². The number of fused-ring (bicyclic) bond motifs is 1. The number of hydrogen-bond donors (Lipinski definition) is 3. The summed E-state index contributed by atoms with van der Waals surface area (Å²) in [4.78, 5) is 54.6. The molecule has 3 N–H and O–H groups in total. The van der Waals surface area contributed by atoms with Gasteiger partial charge in [-0.15, -0.1) is 11.3 Å². The largest absolute Gasteiger partial charge is 0.326 e. The summed E-state index contributed by atoms with van der Waals surface area (Å²) < 4.78 is 1.45. The third-order valence-corrected chi connectivity index (χ3v) is 6.64. The molecule has 0 radical (unpaired) electrons. The molecule has 1 aromatic carbocycles. The van der Waals surface area contributed by atoms with E-state index in [0.29, 0.717) is 21.5 Å². The van der Waals surface area contributed by atoms with Gasteiger partial charge in [-0.2, -0.15) is 0 Å². The van der Waals surface area contributed by atoms with Crippen LogP contribution in [-0.4, -0.2) is 27.4 Å². The molecule has 0 unspecified atom stereocenters. The summed E-state index contributed by atoms with van der Waals surface area (Å²) in [6, 6.07) is 6.12. The second-order valence-corrected chi connectivity index (χ2v) is 8.82. The topological polar surface area (TPSA) is 122 Å². The van der Waals surface area contributed by atoms with Crippen molar-refractivity contribution in [1.82, 2.24) is 20.2 Å². The Kier molecular flexibility index (Phi) is 5.10. The highest BCUT2D eigenvalue weighted by atomic mass is 32.1. The van der Waals surface area contributed by atoms with Gasteiger partial charge in [-0.25, -0.2) is 9.78 Å². The molecule has 9 nitrogen and oxygen atoms in total. The highest BCUT2D eigenvalue weighted by Gasteiger charge is 2.43. The first kappa shape index (κ1) is 20.7. The lowest BCUT2D eigenvalue weighted by molar-refractivity contribution is -0.123. The smallest absolute Gasteiger partial charge is 0.322 e. The highest BCUT2D eigenvalue weighted by Crippen LogP contribution is 2.26. The molecule has 10 heteroatoms. The second-order valence-electron chi connectivity index (χ2n) is 7.62. The fourth-order valence-electron chi connectivity index (χ4n) is 3.51. The van der Waals surface area contributed by atoms with Crippen LogP contribution >= 0.6 is 11.3 Å². The number of aromatic nitrogens is 2. The van der Waals surface area contributed by atoms with Crippen molar-refractivity contribution in [3.05, 3.63) is 57.0 Å². The molecule has 0 bridgehead atoms. The zero-order valence-electron chi connectivity index (χ0n) is 17.2. The molecule has 3 heterocycles. The van der Waals surface area contributed by atoms with E-state index in [4.69, 9.17) is 0 Å². The molecule has 4 amide bonds. The first-order chi connectivity index (χ1) is 14.7. The molecule has 0 spiro atoms. The number of hydrogen-bond acceptors (Lipinski definition) is 6. The Balaban J connectivity index is 1.42. The van der Waals surface area contributed by atoms with E-state index in [1.54, 1.807) is 31.2 Å². The number of anilines is 1. The summed E-state index contributed by atoms with van der Waals surface area (Å²) in [7, 11) is 0. The molecule has 1 atom stereocenters. The fourth-order valence-corrected chi connectivity index (χ4v) is 4.50. The van der Waals surface area contributed by atoms with E-state index >= 15 is 0 Å². The highest BCUT2D eigenvalue weighted by molar-refractivity contribution is 7.18. The minimum Gasteiger partial charge on any atom is -0.326 e. The Morgan fingerprint density at radius 3 is 2.55 bits per heavy atom. The third kappa shape index (κ3) is 3.70. The molecule has 3 aromatic rings. The predicted molar refractivity (Wildman–Crippen MR) is 117 cm³/mol. The van der Waals surface area contributed by atoms with Crippen molar-refractivity contribution in [3.8, 4) is 0 Å². The maximum absolute atomic E-state index is 12.7. The maximum atomic E-state index is 12.7. The number of carbonyl (C=O) groups is 3. The zero-order chi connectivity index (χ0) is 22.3. The number of amides is 4. The first-order valence-electron chi connectivity index (χ1n) is 9.68. The van der Waals surface area contributed by atoms with Gasteiger partial charge in [-0.1, -0.05) is 12.1 Å². The Labute approximate surface area is 181 Å². The molecular formula is C21H21N5O4S. The van der Waals surface area contributed by atoms with Crippen molar-refractivity contribution in [2.45, 2.75) is 39.3 Å². The van der Waals surface area contributed by atoms with E-state index in [2.05, 4.69) is 20.9 Å². The van der Waals surface area contributed by atoms with Gasteiger partial charge in [0.05, 0.1) is 11.7 Å². The molecule has 160 valence electrons. The number of imide groups is 1. The quantitative estimate of drug-likeness (QED) is 0.526. The molecule has 1 saturated heterocycles. The predicted octanol–water partition coefficient (Wildman–Crippen LogP) is 2.16. The number of nitrogens with zero attached hydrogens (tertiary/aromatic N) is 2. The summed E-state index contributed by atoms with van der Waals surface area (Å²) in [5.74, 6) is -0.683. The number of aryl methyl sites for hydroxylation is 3. The number of benzene rings is 1. The van der Waals surface area contributed by atoms with Gasteiger partial charge in [-0.05, 0) is 44.0 Å². The van der Waals surface area contributed by atoms with Crippen molar-refractivity contribution < 1.29 is 14.4 Å². The molecule has 2 aromatic heterocycles. The summed E-state index contributed by atoms with van der Waals surface area (Å²) in [5, 5.41) is 8.19. The average molecular weight is 439 g/mol. The molecule has 0 aliphatic carbocycles. The van der Waals surface area contributed by atoms with Gasteiger partial charge < -0.3 is 10.6 Å².